The van der Waals surface area contributed by atoms with Crippen molar-refractivity contribution < 1.29 is 4.84 Å². The molecule has 0 saturated carbocycles. The predicted molar refractivity (Wildman–Crippen MR) is 36.9 cm³/mol. The van der Waals surface area contributed by atoms with E-state index in [2.05, 4.69) is 9.94 Å². The maximum absolute atomic E-state index is 4.89. The first-order valence-electron chi connectivity index (χ1n) is 3.05. The molecule has 4 heteroatoms. The summed E-state index contributed by atoms with van der Waals surface area (Å²) in [6, 6.07) is 0. The van der Waals surface area contributed by atoms with E-state index in [0.29, 0.717) is 6.61 Å². The first kappa shape index (κ1) is 7.24. The van der Waals surface area contributed by atoms with Gasteiger partial charge in [0.1, 0.15) is 6.61 Å². The van der Waals surface area contributed by atoms with E-state index in [-0.39, 0.29) is 0 Å². The number of aromatic nitrogens is 2. The Kier molecular flexibility index (Phi) is 2.03. The molecule has 1 aromatic heterocycles. The minimum Gasteiger partial charge on any atom is -0.298 e. The summed E-state index contributed by atoms with van der Waals surface area (Å²) in [6.07, 6.45) is 1.92. The Morgan fingerprint density at radius 3 is 2.90 bits per heavy atom. The van der Waals surface area contributed by atoms with Crippen molar-refractivity contribution in [3.63, 3.8) is 0 Å². The van der Waals surface area contributed by atoms with Gasteiger partial charge in [-0.1, -0.05) is 0 Å². The molecular formula is C6H11N3O. The Labute approximate surface area is 59.5 Å². The van der Waals surface area contributed by atoms with Gasteiger partial charge in [-0.25, -0.2) is 5.90 Å². The second kappa shape index (κ2) is 2.81. The van der Waals surface area contributed by atoms with Crippen LogP contribution in [0.3, 0.4) is 0 Å². The zero-order chi connectivity index (χ0) is 7.56. The average Bonchev–Trinajstić information content (AvgIpc) is 2.13. The van der Waals surface area contributed by atoms with Crippen molar-refractivity contribution in [3.05, 3.63) is 17.5 Å². The van der Waals surface area contributed by atoms with E-state index in [9.17, 15) is 0 Å². The van der Waals surface area contributed by atoms with Gasteiger partial charge in [0.15, 0.2) is 0 Å². The molecule has 0 saturated heterocycles. The molecule has 4 nitrogen and oxygen atoms in total. The van der Waals surface area contributed by atoms with Crippen LogP contribution in [-0.2, 0) is 18.5 Å². The van der Waals surface area contributed by atoms with E-state index in [1.54, 1.807) is 4.68 Å². The molecule has 1 heterocycles. The van der Waals surface area contributed by atoms with Crippen molar-refractivity contribution in [2.75, 3.05) is 0 Å². The van der Waals surface area contributed by atoms with E-state index in [4.69, 9.17) is 5.90 Å². The fourth-order valence-corrected chi connectivity index (χ4v) is 0.875. The molecule has 0 radical (unpaired) electrons. The van der Waals surface area contributed by atoms with Crippen LogP contribution in [0.15, 0.2) is 6.20 Å². The summed E-state index contributed by atoms with van der Waals surface area (Å²) in [5, 5.41) is 4.11. The lowest BCUT2D eigenvalue weighted by Crippen LogP contribution is -2.01. The van der Waals surface area contributed by atoms with Crippen LogP contribution in [0.5, 0.6) is 0 Å². The Hall–Kier alpha value is -0.870. The largest absolute Gasteiger partial charge is 0.298 e. The van der Waals surface area contributed by atoms with Gasteiger partial charge in [0.2, 0.25) is 0 Å². The third-order valence-corrected chi connectivity index (χ3v) is 1.33. The lowest BCUT2D eigenvalue weighted by atomic mass is 10.3. The molecular weight excluding hydrogens is 130 g/mol. The highest BCUT2D eigenvalue weighted by Gasteiger charge is 2.00. The lowest BCUT2D eigenvalue weighted by molar-refractivity contribution is 0.120. The van der Waals surface area contributed by atoms with Crippen LogP contribution in [0.4, 0.5) is 0 Å². The summed E-state index contributed by atoms with van der Waals surface area (Å²) in [7, 11) is 1.87. The van der Waals surface area contributed by atoms with E-state index in [1.165, 1.54) is 0 Å². The van der Waals surface area contributed by atoms with E-state index < -0.39 is 0 Å². The number of aryl methyl sites for hydroxylation is 2. The first-order valence-corrected chi connectivity index (χ1v) is 3.05. The van der Waals surface area contributed by atoms with Gasteiger partial charge in [0.25, 0.3) is 0 Å². The summed E-state index contributed by atoms with van der Waals surface area (Å²) >= 11 is 0. The molecule has 0 atom stereocenters. The van der Waals surface area contributed by atoms with Gasteiger partial charge in [0.05, 0.1) is 5.69 Å². The van der Waals surface area contributed by atoms with Gasteiger partial charge in [0, 0.05) is 13.2 Å². The van der Waals surface area contributed by atoms with E-state index in [0.717, 1.165) is 11.3 Å². The van der Waals surface area contributed by atoms with Crippen LogP contribution in [0.1, 0.15) is 11.3 Å². The topological polar surface area (TPSA) is 53.1 Å². The number of nitrogens with two attached hydrogens (primary N) is 1. The van der Waals surface area contributed by atoms with Crippen molar-refractivity contribution in [1.29, 1.82) is 0 Å². The number of hydrogen-bond acceptors (Lipinski definition) is 3. The van der Waals surface area contributed by atoms with Crippen LogP contribution >= 0.6 is 0 Å². The molecule has 0 bridgehead atoms. The van der Waals surface area contributed by atoms with Crippen molar-refractivity contribution in [1.82, 2.24) is 9.78 Å². The van der Waals surface area contributed by atoms with Crippen molar-refractivity contribution in [2.45, 2.75) is 13.5 Å². The molecule has 0 amide bonds. The van der Waals surface area contributed by atoms with Gasteiger partial charge < -0.3 is 0 Å². The Bertz CT molecular complexity index is 219. The highest BCUT2D eigenvalue weighted by molar-refractivity contribution is 5.13. The maximum Gasteiger partial charge on any atom is 0.112 e. The van der Waals surface area contributed by atoms with E-state index in [1.807, 2.05) is 20.2 Å². The normalized spacial score (nSPS) is 10.3. The quantitative estimate of drug-likeness (QED) is 0.595. The average molecular weight is 141 g/mol. The Morgan fingerprint density at radius 2 is 2.50 bits per heavy atom. The molecule has 1 rings (SSSR count). The summed E-state index contributed by atoms with van der Waals surface area (Å²) < 4.78 is 1.74. The van der Waals surface area contributed by atoms with Gasteiger partial charge in [-0.15, -0.1) is 0 Å². The Balaban J connectivity index is 2.81. The van der Waals surface area contributed by atoms with Crippen LogP contribution in [0.25, 0.3) is 0 Å². The third kappa shape index (κ3) is 1.34. The van der Waals surface area contributed by atoms with Crippen LogP contribution in [0.2, 0.25) is 0 Å². The minimum atomic E-state index is 0.382. The van der Waals surface area contributed by atoms with Crippen LogP contribution in [-0.4, -0.2) is 9.78 Å². The molecule has 10 heavy (non-hydrogen) atoms. The fourth-order valence-electron chi connectivity index (χ4n) is 0.875. The molecule has 0 fully saturated rings. The summed E-state index contributed by atoms with van der Waals surface area (Å²) in [5.74, 6) is 4.89. The number of nitrogens with zero attached hydrogens (tertiary/aromatic N) is 2. The number of hydrogen-bond donors (Lipinski definition) is 1. The smallest absolute Gasteiger partial charge is 0.112 e. The van der Waals surface area contributed by atoms with Crippen LogP contribution in [0, 0.1) is 6.92 Å². The van der Waals surface area contributed by atoms with Crippen molar-refractivity contribution in [3.8, 4) is 0 Å². The molecule has 0 aliphatic heterocycles. The van der Waals surface area contributed by atoms with Gasteiger partial charge in [-0.3, -0.25) is 9.52 Å². The van der Waals surface area contributed by atoms with Gasteiger partial charge >= 0.3 is 0 Å². The molecule has 2 N–H and O–H groups in total. The highest BCUT2D eigenvalue weighted by atomic mass is 16.6. The van der Waals surface area contributed by atoms with Crippen molar-refractivity contribution >= 4 is 0 Å². The molecule has 0 aliphatic rings. The number of rotatable bonds is 2. The first-order chi connectivity index (χ1) is 4.74. The highest BCUT2D eigenvalue weighted by Crippen LogP contribution is 2.03. The summed E-state index contributed by atoms with van der Waals surface area (Å²) in [5.41, 5.74) is 2.00. The standard InChI is InChI=1S/C6H11N3O/c1-5-3-9(2)8-6(5)4-10-7/h3H,4,7H2,1-2H3. The Morgan fingerprint density at radius 1 is 1.80 bits per heavy atom. The predicted octanol–water partition coefficient (Wildman–Crippen LogP) is 0.119. The SMILES string of the molecule is Cc1cn(C)nc1CON. The minimum absolute atomic E-state index is 0.382. The maximum atomic E-state index is 4.89. The molecule has 0 aromatic carbocycles. The zero-order valence-corrected chi connectivity index (χ0v) is 6.16. The molecule has 0 spiro atoms. The summed E-state index contributed by atoms with van der Waals surface area (Å²) in [6.45, 7) is 2.36. The third-order valence-electron chi connectivity index (χ3n) is 1.33. The molecule has 56 valence electrons. The molecule has 1 aromatic rings. The second-order valence-corrected chi connectivity index (χ2v) is 2.24. The second-order valence-electron chi connectivity index (χ2n) is 2.24. The summed E-state index contributed by atoms with van der Waals surface area (Å²) in [4.78, 5) is 4.45. The lowest BCUT2D eigenvalue weighted by Gasteiger charge is -1.92. The monoisotopic (exact) mass is 141 g/mol. The van der Waals surface area contributed by atoms with Gasteiger partial charge in [-0.2, -0.15) is 5.10 Å². The van der Waals surface area contributed by atoms with Gasteiger partial charge in [-0.05, 0) is 12.5 Å². The van der Waals surface area contributed by atoms with Crippen molar-refractivity contribution in [2.24, 2.45) is 12.9 Å². The van der Waals surface area contributed by atoms with E-state index >= 15 is 0 Å². The molecule has 0 aliphatic carbocycles. The fraction of sp³-hybridized carbons (Fsp3) is 0.500. The zero-order valence-electron chi connectivity index (χ0n) is 6.16. The van der Waals surface area contributed by atoms with Crippen LogP contribution < -0.4 is 5.90 Å². The molecule has 0 unspecified atom stereocenters.